The van der Waals surface area contributed by atoms with Crippen LogP contribution >= 0.6 is 27.5 Å². The Morgan fingerprint density at radius 2 is 2.25 bits per heavy atom. The molecule has 0 bridgehead atoms. The zero-order valence-electron chi connectivity index (χ0n) is 8.23. The molecule has 0 atom stereocenters. The third-order valence-electron chi connectivity index (χ3n) is 2.12. The Kier molecular flexibility index (Phi) is 3.41. The maximum atomic E-state index is 11.7. The second-order valence-electron chi connectivity index (χ2n) is 3.28. The number of hydrogen-bond donors (Lipinski definition) is 0. The summed E-state index contributed by atoms with van der Waals surface area (Å²) in [6.45, 7) is 0.487. The van der Waals surface area contributed by atoms with Crippen LogP contribution in [0, 0.1) is 0 Å². The van der Waals surface area contributed by atoms with Crippen LogP contribution < -0.4 is 5.56 Å². The van der Waals surface area contributed by atoms with Gasteiger partial charge in [0.2, 0.25) is 0 Å². The number of pyridine rings is 2. The Hall–Kier alpha value is -1.13. The molecule has 0 spiro atoms. The van der Waals surface area contributed by atoms with Crippen molar-refractivity contribution in [3.8, 4) is 0 Å². The lowest BCUT2D eigenvalue weighted by molar-refractivity contribution is 0.754. The van der Waals surface area contributed by atoms with Crippen LogP contribution in [0.5, 0.6) is 0 Å². The van der Waals surface area contributed by atoms with Gasteiger partial charge in [-0.25, -0.2) is 4.98 Å². The van der Waals surface area contributed by atoms with Gasteiger partial charge >= 0.3 is 0 Å². The molecule has 2 heterocycles. The molecule has 0 aliphatic heterocycles. The highest BCUT2D eigenvalue weighted by Crippen LogP contribution is 2.08. The summed E-state index contributed by atoms with van der Waals surface area (Å²) in [5.41, 5.74) is 0.885. The molecule has 0 amide bonds. The molecule has 2 aromatic heterocycles. The maximum Gasteiger partial charge on any atom is 0.265 e. The molecule has 0 aromatic carbocycles. The lowest BCUT2D eigenvalue weighted by Crippen LogP contribution is -2.20. The molecule has 0 unspecified atom stereocenters. The first-order valence-electron chi connectivity index (χ1n) is 4.62. The van der Waals surface area contributed by atoms with Crippen LogP contribution in [0.3, 0.4) is 0 Å². The van der Waals surface area contributed by atoms with Gasteiger partial charge in [-0.2, -0.15) is 0 Å². The van der Waals surface area contributed by atoms with Crippen molar-refractivity contribution in [1.29, 1.82) is 0 Å². The molecular formula is C11H8BrClN2O. The fourth-order valence-electron chi connectivity index (χ4n) is 1.37. The standard InChI is InChI=1S/C11H8BrClN2O/c12-9-2-1-5-15(11(9)16)7-8-3-4-14-10(13)6-8/h1-6H,7H2. The molecule has 0 N–H and O–H groups in total. The van der Waals surface area contributed by atoms with Gasteiger partial charge in [0.05, 0.1) is 11.0 Å². The van der Waals surface area contributed by atoms with Crippen LogP contribution in [-0.2, 0) is 6.54 Å². The summed E-state index contributed by atoms with van der Waals surface area (Å²) in [4.78, 5) is 15.6. The highest BCUT2D eigenvalue weighted by Gasteiger charge is 2.01. The molecule has 2 rings (SSSR count). The minimum absolute atomic E-state index is 0.0598. The van der Waals surface area contributed by atoms with Crippen molar-refractivity contribution in [3.63, 3.8) is 0 Å². The van der Waals surface area contributed by atoms with Gasteiger partial charge in [0.15, 0.2) is 0 Å². The van der Waals surface area contributed by atoms with Crippen molar-refractivity contribution in [2.45, 2.75) is 6.54 Å². The molecular weight excluding hydrogens is 291 g/mol. The first kappa shape index (κ1) is 11.4. The molecule has 0 saturated carbocycles. The summed E-state index contributed by atoms with van der Waals surface area (Å²) < 4.78 is 2.16. The normalized spacial score (nSPS) is 10.4. The van der Waals surface area contributed by atoms with Crippen molar-refractivity contribution >= 4 is 27.5 Å². The van der Waals surface area contributed by atoms with E-state index in [9.17, 15) is 4.79 Å². The molecule has 3 nitrogen and oxygen atoms in total. The maximum absolute atomic E-state index is 11.7. The van der Waals surface area contributed by atoms with Gasteiger partial charge in [0.1, 0.15) is 5.15 Å². The van der Waals surface area contributed by atoms with E-state index in [1.54, 1.807) is 29.1 Å². The topological polar surface area (TPSA) is 34.9 Å². The lowest BCUT2D eigenvalue weighted by Gasteiger charge is -2.05. The Labute approximate surface area is 106 Å². The molecule has 0 radical (unpaired) electrons. The SMILES string of the molecule is O=c1c(Br)cccn1Cc1ccnc(Cl)c1. The number of halogens is 2. The molecule has 2 aromatic rings. The molecule has 0 aliphatic rings. The predicted molar refractivity (Wildman–Crippen MR) is 66.8 cm³/mol. The number of aromatic nitrogens is 2. The van der Waals surface area contributed by atoms with Gasteiger partial charge in [0.25, 0.3) is 5.56 Å². The van der Waals surface area contributed by atoms with E-state index in [0.29, 0.717) is 16.2 Å². The van der Waals surface area contributed by atoms with E-state index in [1.165, 1.54) is 0 Å². The van der Waals surface area contributed by atoms with E-state index >= 15 is 0 Å². The van der Waals surface area contributed by atoms with Gasteiger partial charge in [-0.3, -0.25) is 4.79 Å². The van der Waals surface area contributed by atoms with Gasteiger partial charge < -0.3 is 4.57 Å². The van der Waals surface area contributed by atoms with Gasteiger partial charge in [-0.1, -0.05) is 11.6 Å². The van der Waals surface area contributed by atoms with Crippen LogP contribution in [0.25, 0.3) is 0 Å². The van der Waals surface area contributed by atoms with Gasteiger partial charge in [-0.05, 0) is 45.8 Å². The Balaban J connectivity index is 2.34. The first-order chi connectivity index (χ1) is 7.66. The van der Waals surface area contributed by atoms with Gasteiger partial charge in [0, 0.05) is 12.4 Å². The number of hydrogen-bond acceptors (Lipinski definition) is 2. The second kappa shape index (κ2) is 4.80. The summed E-state index contributed by atoms with van der Waals surface area (Å²) in [7, 11) is 0. The van der Waals surface area contributed by atoms with Crippen molar-refractivity contribution in [3.05, 3.63) is 62.2 Å². The van der Waals surface area contributed by atoms with Crippen LogP contribution in [-0.4, -0.2) is 9.55 Å². The Bertz CT molecular complexity index is 568. The largest absolute Gasteiger partial charge is 0.310 e. The lowest BCUT2D eigenvalue weighted by atomic mass is 10.2. The zero-order valence-corrected chi connectivity index (χ0v) is 10.6. The van der Waals surface area contributed by atoms with Crippen molar-refractivity contribution in [2.75, 3.05) is 0 Å². The number of nitrogens with zero attached hydrogens (tertiary/aromatic N) is 2. The fourth-order valence-corrected chi connectivity index (χ4v) is 1.95. The van der Waals surface area contributed by atoms with E-state index in [4.69, 9.17) is 11.6 Å². The van der Waals surface area contributed by atoms with E-state index in [1.807, 2.05) is 12.1 Å². The van der Waals surface area contributed by atoms with Gasteiger partial charge in [-0.15, -0.1) is 0 Å². The highest BCUT2D eigenvalue weighted by atomic mass is 79.9. The summed E-state index contributed by atoms with van der Waals surface area (Å²) in [5.74, 6) is 0. The monoisotopic (exact) mass is 298 g/mol. The molecule has 0 aliphatic carbocycles. The second-order valence-corrected chi connectivity index (χ2v) is 4.52. The van der Waals surface area contributed by atoms with Crippen molar-refractivity contribution in [1.82, 2.24) is 9.55 Å². The average Bonchev–Trinajstić information content (AvgIpc) is 2.25. The third kappa shape index (κ3) is 2.51. The van der Waals surface area contributed by atoms with Crippen molar-refractivity contribution < 1.29 is 0 Å². The predicted octanol–water partition coefficient (Wildman–Crippen LogP) is 2.71. The summed E-state index contributed by atoms with van der Waals surface area (Å²) in [5, 5.41) is 0.431. The smallest absolute Gasteiger partial charge is 0.265 e. The van der Waals surface area contributed by atoms with E-state index in [2.05, 4.69) is 20.9 Å². The molecule has 5 heteroatoms. The Morgan fingerprint density at radius 1 is 1.44 bits per heavy atom. The van der Waals surface area contributed by atoms with Crippen LogP contribution in [0.15, 0.2) is 45.9 Å². The van der Waals surface area contributed by atoms with Crippen molar-refractivity contribution in [2.24, 2.45) is 0 Å². The molecule has 82 valence electrons. The average molecular weight is 300 g/mol. The van der Waals surface area contributed by atoms with E-state index in [0.717, 1.165) is 5.56 Å². The molecule has 0 fully saturated rings. The van der Waals surface area contributed by atoms with Crippen LogP contribution in [0.1, 0.15) is 5.56 Å². The highest BCUT2D eigenvalue weighted by molar-refractivity contribution is 9.10. The quantitative estimate of drug-likeness (QED) is 0.799. The third-order valence-corrected chi connectivity index (χ3v) is 2.93. The summed E-state index contributed by atoms with van der Waals surface area (Å²) in [6.07, 6.45) is 3.36. The minimum Gasteiger partial charge on any atom is -0.310 e. The van der Waals surface area contributed by atoms with E-state index in [-0.39, 0.29) is 5.56 Å². The summed E-state index contributed by atoms with van der Waals surface area (Å²) in [6, 6.07) is 7.11. The Morgan fingerprint density at radius 3 is 3.00 bits per heavy atom. The van der Waals surface area contributed by atoms with Crippen LogP contribution in [0.4, 0.5) is 0 Å². The molecule has 0 saturated heterocycles. The van der Waals surface area contributed by atoms with Crippen LogP contribution in [0.2, 0.25) is 5.15 Å². The fraction of sp³-hybridized carbons (Fsp3) is 0.0909. The first-order valence-corrected chi connectivity index (χ1v) is 5.79. The molecule has 16 heavy (non-hydrogen) atoms. The number of rotatable bonds is 2. The minimum atomic E-state index is -0.0598. The summed E-state index contributed by atoms with van der Waals surface area (Å²) >= 11 is 8.98. The zero-order chi connectivity index (χ0) is 11.5. The van der Waals surface area contributed by atoms with E-state index < -0.39 is 0 Å².